The van der Waals surface area contributed by atoms with Gasteiger partial charge in [0.1, 0.15) is 0 Å². The molecule has 0 atom stereocenters. The van der Waals surface area contributed by atoms with Crippen LogP contribution in [0.2, 0.25) is 0 Å². The number of aromatic nitrogens is 2. The molecule has 5 nitrogen and oxygen atoms in total. The van der Waals surface area contributed by atoms with E-state index in [-0.39, 0.29) is 0 Å². The lowest BCUT2D eigenvalue weighted by atomic mass is 10.0. The summed E-state index contributed by atoms with van der Waals surface area (Å²) in [6, 6.07) is 8.09. The van der Waals surface area contributed by atoms with Gasteiger partial charge in [0.25, 0.3) is 11.8 Å². The number of nitrogens with zero attached hydrogens (tertiary/aromatic N) is 3. The summed E-state index contributed by atoms with van der Waals surface area (Å²) in [6.45, 7) is 2.65. The van der Waals surface area contributed by atoms with E-state index < -0.39 is 0 Å². The molecule has 1 aliphatic rings. The fraction of sp³-hybridized carbons (Fsp3) is 0.500. The minimum Gasteiger partial charge on any atom is -0.338 e. The van der Waals surface area contributed by atoms with Crippen molar-refractivity contribution in [1.29, 1.82) is 0 Å². The summed E-state index contributed by atoms with van der Waals surface area (Å²) < 4.78 is 5.49. The van der Waals surface area contributed by atoms with Crippen LogP contribution in [0.4, 0.5) is 5.95 Å². The van der Waals surface area contributed by atoms with E-state index in [1.54, 1.807) is 0 Å². The fourth-order valence-electron chi connectivity index (χ4n) is 2.83. The maximum Gasteiger partial charge on any atom is 0.266 e. The molecule has 0 saturated carbocycles. The lowest BCUT2D eigenvalue weighted by Gasteiger charge is -2.16. The molecule has 2 aromatic rings. The van der Waals surface area contributed by atoms with Crippen LogP contribution in [0.15, 0.2) is 28.8 Å². The van der Waals surface area contributed by atoms with Crippen LogP contribution in [0.1, 0.15) is 31.2 Å². The second-order valence-electron chi connectivity index (χ2n) is 5.50. The molecular formula is C16H22N4O. The van der Waals surface area contributed by atoms with Crippen molar-refractivity contribution < 1.29 is 4.52 Å². The van der Waals surface area contributed by atoms with Gasteiger partial charge in [0, 0.05) is 18.7 Å². The third kappa shape index (κ3) is 3.24. The Bertz CT molecular complexity index is 573. The van der Waals surface area contributed by atoms with Gasteiger partial charge in [-0.15, -0.1) is 0 Å². The molecule has 0 radical (unpaired) electrons. The minimum atomic E-state index is 0.596. The maximum absolute atomic E-state index is 5.67. The zero-order chi connectivity index (χ0) is 14.5. The molecule has 1 aromatic heterocycles. The van der Waals surface area contributed by atoms with Crippen LogP contribution in [0.3, 0.4) is 0 Å². The topological polar surface area (TPSA) is 68.2 Å². The standard InChI is InChI=1S/C16H22N4O/c17-10-9-13-7-3-4-8-14(13)15-18-16(19-21-15)20-11-5-1-2-6-12-20/h3-4,7-8H,1-2,5-6,9-12,17H2. The van der Waals surface area contributed by atoms with Gasteiger partial charge in [0.05, 0.1) is 0 Å². The molecule has 1 aromatic carbocycles. The number of nitrogens with two attached hydrogens (primary N) is 1. The molecule has 0 spiro atoms. The minimum absolute atomic E-state index is 0.596. The molecule has 1 fully saturated rings. The van der Waals surface area contributed by atoms with Crippen molar-refractivity contribution in [3.8, 4) is 11.5 Å². The fourth-order valence-corrected chi connectivity index (χ4v) is 2.83. The van der Waals surface area contributed by atoms with Crippen LogP contribution in [0.5, 0.6) is 0 Å². The molecule has 2 N–H and O–H groups in total. The summed E-state index contributed by atoms with van der Waals surface area (Å²) in [5.41, 5.74) is 7.83. The van der Waals surface area contributed by atoms with Crippen molar-refractivity contribution in [2.45, 2.75) is 32.1 Å². The Hall–Kier alpha value is -1.88. The van der Waals surface area contributed by atoms with Gasteiger partial charge in [-0.25, -0.2) is 0 Å². The molecular weight excluding hydrogens is 264 g/mol. The lowest BCUT2D eigenvalue weighted by molar-refractivity contribution is 0.429. The molecule has 21 heavy (non-hydrogen) atoms. The molecule has 3 rings (SSSR count). The van der Waals surface area contributed by atoms with Gasteiger partial charge >= 0.3 is 0 Å². The summed E-state index contributed by atoms with van der Waals surface area (Å²) in [7, 11) is 0. The van der Waals surface area contributed by atoms with E-state index in [9.17, 15) is 0 Å². The van der Waals surface area contributed by atoms with Crippen molar-refractivity contribution in [2.24, 2.45) is 5.73 Å². The normalized spacial score (nSPS) is 16.0. The Morgan fingerprint density at radius 1 is 1.10 bits per heavy atom. The zero-order valence-electron chi connectivity index (χ0n) is 12.3. The second kappa shape index (κ2) is 6.72. The molecule has 112 valence electrons. The molecule has 5 heteroatoms. The van der Waals surface area contributed by atoms with Crippen molar-refractivity contribution >= 4 is 5.95 Å². The Morgan fingerprint density at radius 2 is 1.86 bits per heavy atom. The summed E-state index contributed by atoms with van der Waals surface area (Å²) in [5.74, 6) is 1.31. The van der Waals surface area contributed by atoms with E-state index in [2.05, 4.69) is 21.1 Å². The van der Waals surface area contributed by atoms with Gasteiger partial charge in [-0.1, -0.05) is 31.0 Å². The summed E-state index contributed by atoms with van der Waals surface area (Å²) in [6.07, 6.45) is 5.81. The summed E-state index contributed by atoms with van der Waals surface area (Å²) in [5, 5.41) is 4.17. The molecule has 0 amide bonds. The molecule has 1 saturated heterocycles. The number of hydrogen-bond acceptors (Lipinski definition) is 5. The summed E-state index contributed by atoms with van der Waals surface area (Å²) in [4.78, 5) is 6.82. The highest BCUT2D eigenvalue weighted by atomic mass is 16.5. The van der Waals surface area contributed by atoms with E-state index in [4.69, 9.17) is 10.3 Å². The molecule has 0 aliphatic carbocycles. The molecule has 2 heterocycles. The maximum atomic E-state index is 5.67. The first-order chi connectivity index (χ1) is 10.4. The first-order valence-corrected chi connectivity index (χ1v) is 7.75. The quantitative estimate of drug-likeness (QED) is 0.935. The van der Waals surface area contributed by atoms with Crippen LogP contribution >= 0.6 is 0 Å². The van der Waals surface area contributed by atoms with Gasteiger partial charge < -0.3 is 15.2 Å². The Labute approximate surface area is 125 Å². The van der Waals surface area contributed by atoms with E-state index in [1.165, 1.54) is 25.7 Å². The monoisotopic (exact) mass is 286 g/mol. The molecule has 0 bridgehead atoms. The predicted molar refractivity (Wildman–Crippen MR) is 83.2 cm³/mol. The van der Waals surface area contributed by atoms with E-state index in [1.807, 2.05) is 18.2 Å². The second-order valence-corrected chi connectivity index (χ2v) is 5.50. The smallest absolute Gasteiger partial charge is 0.266 e. The van der Waals surface area contributed by atoms with Crippen LogP contribution in [-0.2, 0) is 6.42 Å². The third-order valence-electron chi connectivity index (χ3n) is 3.97. The number of rotatable bonds is 4. The highest BCUT2D eigenvalue weighted by Gasteiger charge is 2.18. The van der Waals surface area contributed by atoms with Crippen molar-refractivity contribution in [1.82, 2.24) is 10.1 Å². The SMILES string of the molecule is NCCc1ccccc1-c1nc(N2CCCCCC2)no1. The highest BCUT2D eigenvalue weighted by molar-refractivity contribution is 5.59. The highest BCUT2D eigenvalue weighted by Crippen LogP contribution is 2.25. The number of anilines is 1. The number of benzene rings is 1. The zero-order valence-corrected chi connectivity index (χ0v) is 12.3. The van der Waals surface area contributed by atoms with Crippen molar-refractivity contribution in [2.75, 3.05) is 24.5 Å². The van der Waals surface area contributed by atoms with Gasteiger partial charge in [0.2, 0.25) is 0 Å². The van der Waals surface area contributed by atoms with Gasteiger partial charge in [0.15, 0.2) is 0 Å². The van der Waals surface area contributed by atoms with Crippen molar-refractivity contribution in [3.63, 3.8) is 0 Å². The van der Waals surface area contributed by atoms with Crippen LogP contribution in [-0.4, -0.2) is 29.8 Å². The molecule has 0 unspecified atom stereocenters. The van der Waals surface area contributed by atoms with E-state index in [0.29, 0.717) is 12.4 Å². The lowest BCUT2D eigenvalue weighted by Crippen LogP contribution is -2.24. The van der Waals surface area contributed by atoms with Crippen LogP contribution < -0.4 is 10.6 Å². The Kier molecular flexibility index (Phi) is 4.50. The number of hydrogen-bond donors (Lipinski definition) is 1. The van der Waals surface area contributed by atoms with Gasteiger partial charge in [-0.3, -0.25) is 0 Å². The molecule has 1 aliphatic heterocycles. The van der Waals surface area contributed by atoms with Crippen molar-refractivity contribution in [3.05, 3.63) is 29.8 Å². The Balaban J connectivity index is 1.84. The first kappa shape index (κ1) is 14.1. The van der Waals surface area contributed by atoms with Crippen LogP contribution in [0.25, 0.3) is 11.5 Å². The average molecular weight is 286 g/mol. The van der Waals surface area contributed by atoms with Crippen LogP contribution in [0, 0.1) is 0 Å². The average Bonchev–Trinajstić information content (AvgIpc) is 2.84. The summed E-state index contributed by atoms with van der Waals surface area (Å²) >= 11 is 0. The van der Waals surface area contributed by atoms with Gasteiger partial charge in [-0.2, -0.15) is 4.98 Å². The Morgan fingerprint density at radius 3 is 2.62 bits per heavy atom. The predicted octanol–water partition coefficient (Wildman–Crippen LogP) is 2.62. The first-order valence-electron chi connectivity index (χ1n) is 7.75. The van der Waals surface area contributed by atoms with E-state index >= 15 is 0 Å². The third-order valence-corrected chi connectivity index (χ3v) is 3.97. The largest absolute Gasteiger partial charge is 0.338 e. The van der Waals surface area contributed by atoms with Gasteiger partial charge in [-0.05, 0) is 42.6 Å². The van der Waals surface area contributed by atoms with E-state index in [0.717, 1.165) is 36.6 Å².